The van der Waals surface area contributed by atoms with E-state index in [0.29, 0.717) is 25.4 Å². The second-order valence-electron chi connectivity index (χ2n) is 3.16. The summed E-state index contributed by atoms with van der Waals surface area (Å²) in [6.07, 6.45) is 0. The third kappa shape index (κ3) is 3.01. The van der Waals surface area contributed by atoms with Gasteiger partial charge >= 0.3 is 5.97 Å². The molecule has 0 aromatic carbocycles. The Morgan fingerprint density at radius 1 is 1.50 bits per heavy atom. The molecule has 0 saturated carbocycles. The molecular formula is C9H16N4O3. The van der Waals surface area contributed by atoms with Crippen molar-refractivity contribution in [2.45, 2.75) is 13.5 Å². The van der Waals surface area contributed by atoms with Crippen LogP contribution in [-0.2, 0) is 16.0 Å². The van der Waals surface area contributed by atoms with E-state index >= 15 is 0 Å². The van der Waals surface area contributed by atoms with E-state index < -0.39 is 5.97 Å². The Bertz CT molecular complexity index is 351. The minimum atomic E-state index is -0.488. The molecule has 0 bridgehead atoms. The molecule has 0 amide bonds. The van der Waals surface area contributed by atoms with Crippen LogP contribution in [-0.4, -0.2) is 47.8 Å². The highest BCUT2D eigenvalue weighted by atomic mass is 16.6. The molecule has 1 heterocycles. The summed E-state index contributed by atoms with van der Waals surface area (Å²) >= 11 is 0. The minimum absolute atomic E-state index is 0.207. The van der Waals surface area contributed by atoms with Gasteiger partial charge in [-0.15, -0.1) is 5.10 Å². The van der Waals surface area contributed by atoms with Crippen LogP contribution in [0.2, 0.25) is 0 Å². The molecule has 1 aromatic heterocycles. The zero-order chi connectivity index (χ0) is 12.0. The first-order valence-corrected chi connectivity index (χ1v) is 4.97. The Balaban J connectivity index is 2.61. The molecule has 0 unspecified atom stereocenters. The third-order valence-corrected chi connectivity index (χ3v) is 2.04. The molecule has 0 radical (unpaired) electrons. The van der Waals surface area contributed by atoms with Gasteiger partial charge in [0.25, 0.3) is 0 Å². The van der Waals surface area contributed by atoms with E-state index in [9.17, 15) is 4.79 Å². The van der Waals surface area contributed by atoms with Crippen LogP contribution in [0.1, 0.15) is 16.2 Å². The largest absolute Gasteiger partial charge is 0.458 e. The lowest BCUT2D eigenvalue weighted by Crippen LogP contribution is -2.14. The number of nitrogens with zero attached hydrogens (tertiary/aromatic N) is 3. The molecular weight excluding hydrogens is 212 g/mol. The first-order valence-electron chi connectivity index (χ1n) is 4.97. The number of aromatic nitrogens is 3. The van der Waals surface area contributed by atoms with Crippen LogP contribution in [0.3, 0.4) is 0 Å². The van der Waals surface area contributed by atoms with E-state index in [2.05, 4.69) is 10.3 Å². The number of nitrogens with two attached hydrogens (primary N) is 1. The summed E-state index contributed by atoms with van der Waals surface area (Å²) in [6.45, 7) is 3.30. The van der Waals surface area contributed by atoms with Crippen molar-refractivity contribution in [2.24, 2.45) is 5.73 Å². The van der Waals surface area contributed by atoms with Gasteiger partial charge in [-0.05, 0) is 6.92 Å². The van der Waals surface area contributed by atoms with E-state index in [4.69, 9.17) is 15.2 Å². The minimum Gasteiger partial charge on any atom is -0.458 e. The van der Waals surface area contributed by atoms with E-state index in [1.807, 2.05) is 0 Å². The smallest absolute Gasteiger partial charge is 0.360 e. The van der Waals surface area contributed by atoms with Crippen molar-refractivity contribution in [3.8, 4) is 0 Å². The van der Waals surface area contributed by atoms with Gasteiger partial charge < -0.3 is 15.2 Å². The van der Waals surface area contributed by atoms with E-state index in [-0.39, 0.29) is 12.3 Å². The van der Waals surface area contributed by atoms with Crippen LogP contribution in [0.25, 0.3) is 0 Å². The highest BCUT2D eigenvalue weighted by Gasteiger charge is 2.17. The SMILES string of the molecule is COCCOC(=O)c1nnn(CCN)c1C. The molecule has 0 aliphatic carbocycles. The van der Waals surface area contributed by atoms with Gasteiger partial charge in [0.1, 0.15) is 6.61 Å². The Hall–Kier alpha value is -1.47. The van der Waals surface area contributed by atoms with Gasteiger partial charge in [-0.3, -0.25) is 0 Å². The maximum Gasteiger partial charge on any atom is 0.360 e. The zero-order valence-corrected chi connectivity index (χ0v) is 9.47. The maximum absolute atomic E-state index is 11.5. The lowest BCUT2D eigenvalue weighted by Gasteiger charge is -2.03. The van der Waals surface area contributed by atoms with Gasteiger partial charge in [-0.25, -0.2) is 9.48 Å². The Labute approximate surface area is 93.5 Å². The standard InChI is InChI=1S/C9H16N4O3/c1-7-8(9(14)16-6-5-15-2)11-12-13(7)4-3-10/h3-6,10H2,1-2H3. The molecule has 16 heavy (non-hydrogen) atoms. The molecule has 0 aliphatic rings. The van der Waals surface area contributed by atoms with E-state index in [0.717, 1.165) is 0 Å². The van der Waals surface area contributed by atoms with E-state index in [1.54, 1.807) is 11.6 Å². The second kappa shape index (κ2) is 6.19. The monoisotopic (exact) mass is 228 g/mol. The summed E-state index contributed by atoms with van der Waals surface area (Å²) in [6, 6.07) is 0. The highest BCUT2D eigenvalue weighted by molar-refractivity contribution is 5.88. The number of carbonyl (C=O) groups excluding carboxylic acids is 1. The van der Waals surface area contributed by atoms with Crippen molar-refractivity contribution in [1.82, 2.24) is 15.0 Å². The van der Waals surface area contributed by atoms with Gasteiger partial charge in [0.2, 0.25) is 0 Å². The normalized spacial score (nSPS) is 10.4. The third-order valence-electron chi connectivity index (χ3n) is 2.04. The van der Waals surface area contributed by atoms with Crippen molar-refractivity contribution in [3.05, 3.63) is 11.4 Å². The number of hydrogen-bond donors (Lipinski definition) is 1. The fraction of sp³-hybridized carbons (Fsp3) is 0.667. The fourth-order valence-electron chi connectivity index (χ4n) is 1.17. The van der Waals surface area contributed by atoms with Gasteiger partial charge in [-0.1, -0.05) is 5.21 Å². The molecule has 0 aliphatic heterocycles. The van der Waals surface area contributed by atoms with Crippen molar-refractivity contribution < 1.29 is 14.3 Å². The van der Waals surface area contributed by atoms with Crippen molar-refractivity contribution in [1.29, 1.82) is 0 Å². The topological polar surface area (TPSA) is 92.3 Å². The van der Waals surface area contributed by atoms with Gasteiger partial charge in [0, 0.05) is 13.7 Å². The highest BCUT2D eigenvalue weighted by Crippen LogP contribution is 2.04. The Kier molecular flexibility index (Phi) is 4.87. The van der Waals surface area contributed by atoms with Crippen LogP contribution in [0.4, 0.5) is 0 Å². The summed E-state index contributed by atoms with van der Waals surface area (Å²) in [5, 5.41) is 7.56. The molecule has 90 valence electrons. The molecule has 7 heteroatoms. The van der Waals surface area contributed by atoms with Crippen molar-refractivity contribution in [2.75, 3.05) is 26.9 Å². The first kappa shape index (κ1) is 12.6. The lowest BCUT2D eigenvalue weighted by molar-refractivity contribution is 0.0380. The number of esters is 1. The summed E-state index contributed by atoms with van der Waals surface area (Å²) in [4.78, 5) is 11.5. The van der Waals surface area contributed by atoms with Crippen molar-refractivity contribution in [3.63, 3.8) is 0 Å². The molecule has 0 saturated heterocycles. The average Bonchev–Trinajstić information content (AvgIpc) is 2.62. The predicted molar refractivity (Wildman–Crippen MR) is 56.0 cm³/mol. The van der Waals surface area contributed by atoms with Crippen LogP contribution >= 0.6 is 0 Å². The van der Waals surface area contributed by atoms with Crippen LogP contribution < -0.4 is 5.73 Å². The van der Waals surface area contributed by atoms with Gasteiger partial charge in [-0.2, -0.15) is 0 Å². The van der Waals surface area contributed by atoms with E-state index in [1.165, 1.54) is 7.11 Å². The van der Waals surface area contributed by atoms with Crippen LogP contribution in [0.5, 0.6) is 0 Å². The summed E-state index contributed by atoms with van der Waals surface area (Å²) in [5.74, 6) is -0.488. The number of carbonyl (C=O) groups is 1. The molecule has 7 nitrogen and oxygen atoms in total. The van der Waals surface area contributed by atoms with Crippen LogP contribution in [0.15, 0.2) is 0 Å². The molecule has 1 aromatic rings. The maximum atomic E-state index is 11.5. The van der Waals surface area contributed by atoms with Crippen LogP contribution in [0, 0.1) is 6.92 Å². The number of methoxy groups -OCH3 is 1. The molecule has 2 N–H and O–H groups in total. The number of rotatable bonds is 6. The predicted octanol–water partition coefficient (Wildman–Crippen LogP) is -0.652. The summed E-state index contributed by atoms with van der Waals surface area (Å²) in [5.41, 5.74) is 6.28. The summed E-state index contributed by atoms with van der Waals surface area (Å²) < 4.78 is 11.3. The fourth-order valence-corrected chi connectivity index (χ4v) is 1.17. The van der Waals surface area contributed by atoms with Gasteiger partial charge in [0.15, 0.2) is 5.69 Å². The zero-order valence-electron chi connectivity index (χ0n) is 9.47. The second-order valence-corrected chi connectivity index (χ2v) is 3.16. The number of ether oxygens (including phenoxy) is 2. The summed E-state index contributed by atoms with van der Waals surface area (Å²) in [7, 11) is 1.54. The Morgan fingerprint density at radius 2 is 2.25 bits per heavy atom. The molecule has 0 atom stereocenters. The quantitative estimate of drug-likeness (QED) is 0.513. The molecule has 0 fully saturated rings. The lowest BCUT2D eigenvalue weighted by atomic mass is 10.3. The van der Waals surface area contributed by atoms with Crippen molar-refractivity contribution >= 4 is 5.97 Å². The molecule has 1 rings (SSSR count). The first-order chi connectivity index (χ1) is 7.70. The molecule has 0 spiro atoms. The van der Waals surface area contributed by atoms with Gasteiger partial charge in [0.05, 0.1) is 18.8 Å². The Morgan fingerprint density at radius 3 is 2.88 bits per heavy atom. The number of hydrogen-bond acceptors (Lipinski definition) is 6. The average molecular weight is 228 g/mol.